The van der Waals surface area contributed by atoms with Gasteiger partial charge in [-0.25, -0.2) is 0 Å². The molecule has 1 saturated heterocycles. The van der Waals surface area contributed by atoms with Crippen molar-refractivity contribution in [1.29, 1.82) is 0 Å². The van der Waals surface area contributed by atoms with Gasteiger partial charge >= 0.3 is 0 Å². The molecule has 1 fully saturated rings. The first-order valence-corrected chi connectivity index (χ1v) is 11.1. The zero-order valence-electron chi connectivity index (χ0n) is 18.4. The summed E-state index contributed by atoms with van der Waals surface area (Å²) in [5.41, 5.74) is 5.48. The molecule has 0 saturated carbocycles. The highest BCUT2D eigenvalue weighted by molar-refractivity contribution is 7.80. The number of rotatable bonds is 5. The van der Waals surface area contributed by atoms with Crippen molar-refractivity contribution in [2.45, 2.75) is 33.6 Å². The molecule has 1 amide bonds. The van der Waals surface area contributed by atoms with Crippen LogP contribution in [0.15, 0.2) is 42.5 Å². The maximum Gasteiger partial charge on any atom is 0.279 e. The summed E-state index contributed by atoms with van der Waals surface area (Å²) in [5.74, 6) is 0.593. The second-order valence-electron chi connectivity index (χ2n) is 8.44. The summed E-state index contributed by atoms with van der Waals surface area (Å²) in [6, 6.07) is 14.5. The van der Waals surface area contributed by atoms with Crippen LogP contribution < -0.4 is 15.5 Å². The van der Waals surface area contributed by atoms with Gasteiger partial charge in [-0.15, -0.1) is 0 Å². The minimum Gasteiger partial charge on any atom is -0.338 e. The maximum atomic E-state index is 12.5. The monoisotopic (exact) mass is 425 g/mol. The Balaban J connectivity index is 1.46. The molecule has 3 N–H and O–H groups in total. The zero-order chi connectivity index (χ0) is 21.7. The van der Waals surface area contributed by atoms with Crippen LogP contribution in [-0.4, -0.2) is 48.6 Å². The molecular formula is C24H33N4OS+. The van der Waals surface area contributed by atoms with E-state index < -0.39 is 0 Å². The predicted molar refractivity (Wildman–Crippen MR) is 128 cm³/mol. The molecule has 0 bridgehead atoms. The van der Waals surface area contributed by atoms with Gasteiger partial charge in [-0.1, -0.05) is 44.2 Å². The number of hydrogen-bond donors (Lipinski definition) is 3. The molecule has 0 atom stereocenters. The van der Waals surface area contributed by atoms with E-state index in [1.54, 1.807) is 0 Å². The molecule has 0 unspecified atom stereocenters. The smallest absolute Gasteiger partial charge is 0.279 e. The lowest BCUT2D eigenvalue weighted by atomic mass is 10.0. The van der Waals surface area contributed by atoms with Gasteiger partial charge < -0.3 is 20.4 Å². The number of benzene rings is 2. The normalized spacial score (nSPS) is 14.6. The molecular weight excluding hydrogens is 392 g/mol. The summed E-state index contributed by atoms with van der Waals surface area (Å²) in [7, 11) is 0. The van der Waals surface area contributed by atoms with Crippen molar-refractivity contribution < 1.29 is 9.69 Å². The van der Waals surface area contributed by atoms with Crippen LogP contribution in [-0.2, 0) is 4.79 Å². The Morgan fingerprint density at radius 1 is 1.03 bits per heavy atom. The zero-order valence-corrected chi connectivity index (χ0v) is 19.2. The van der Waals surface area contributed by atoms with Gasteiger partial charge in [-0.2, -0.15) is 0 Å². The van der Waals surface area contributed by atoms with Gasteiger partial charge in [0.25, 0.3) is 5.91 Å². The topological polar surface area (TPSA) is 48.8 Å². The Morgan fingerprint density at radius 2 is 1.63 bits per heavy atom. The van der Waals surface area contributed by atoms with E-state index in [9.17, 15) is 4.79 Å². The molecule has 1 aliphatic heterocycles. The van der Waals surface area contributed by atoms with Crippen molar-refractivity contribution in [3.05, 3.63) is 59.2 Å². The van der Waals surface area contributed by atoms with E-state index in [2.05, 4.69) is 53.6 Å². The Labute approximate surface area is 185 Å². The molecule has 1 heterocycles. The number of thiocarbonyl (C=S) groups is 1. The van der Waals surface area contributed by atoms with Gasteiger partial charge in [-0.05, 0) is 60.8 Å². The Hall–Kier alpha value is -2.44. The highest BCUT2D eigenvalue weighted by Gasteiger charge is 2.24. The number of amides is 1. The van der Waals surface area contributed by atoms with Crippen LogP contribution in [0.4, 0.5) is 11.4 Å². The van der Waals surface area contributed by atoms with E-state index in [1.807, 2.05) is 32.0 Å². The summed E-state index contributed by atoms with van der Waals surface area (Å²) >= 11 is 5.61. The number of nitrogens with zero attached hydrogens (tertiary/aromatic N) is 1. The number of carbonyl (C=O) groups is 1. The third kappa shape index (κ3) is 5.80. The first kappa shape index (κ1) is 22.2. The standard InChI is InChI=1S/C24H32N4OS/c1-17(2)20-8-10-21(11-9-20)25-24(30)28-14-12-27(13-15-28)16-22(29)26-23-18(3)6-5-7-19(23)4/h5-11,17H,12-16H2,1-4H3,(H,25,30)(H,26,29)/p+1. The average molecular weight is 426 g/mol. The van der Waals surface area contributed by atoms with Gasteiger partial charge in [-0.3, -0.25) is 4.79 Å². The number of para-hydroxylation sites is 1. The second-order valence-corrected chi connectivity index (χ2v) is 8.82. The minimum absolute atomic E-state index is 0.0711. The average Bonchev–Trinajstić information content (AvgIpc) is 2.72. The number of piperazine rings is 1. The van der Waals surface area contributed by atoms with Crippen LogP contribution in [0, 0.1) is 13.8 Å². The lowest BCUT2D eigenvalue weighted by Crippen LogP contribution is -3.15. The molecule has 5 nitrogen and oxygen atoms in total. The van der Waals surface area contributed by atoms with Crippen LogP contribution in [0.25, 0.3) is 0 Å². The lowest BCUT2D eigenvalue weighted by molar-refractivity contribution is -0.895. The lowest BCUT2D eigenvalue weighted by Gasteiger charge is -2.33. The first-order valence-electron chi connectivity index (χ1n) is 10.7. The van der Waals surface area contributed by atoms with E-state index in [0.717, 1.165) is 53.8 Å². The highest BCUT2D eigenvalue weighted by Crippen LogP contribution is 2.19. The number of aryl methyl sites for hydroxylation is 2. The van der Waals surface area contributed by atoms with E-state index >= 15 is 0 Å². The summed E-state index contributed by atoms with van der Waals surface area (Å²) in [4.78, 5) is 16.0. The predicted octanol–water partition coefficient (Wildman–Crippen LogP) is 2.96. The van der Waals surface area contributed by atoms with Crippen molar-refractivity contribution in [3.8, 4) is 0 Å². The molecule has 1 aliphatic rings. The number of anilines is 2. The van der Waals surface area contributed by atoms with Crippen LogP contribution >= 0.6 is 12.2 Å². The van der Waals surface area contributed by atoms with E-state index in [-0.39, 0.29) is 5.91 Å². The number of nitrogens with one attached hydrogen (secondary N) is 3. The molecule has 0 aliphatic carbocycles. The molecule has 6 heteroatoms. The minimum atomic E-state index is 0.0711. The fraction of sp³-hybridized carbons (Fsp3) is 0.417. The molecule has 0 spiro atoms. The third-order valence-electron chi connectivity index (χ3n) is 5.74. The summed E-state index contributed by atoms with van der Waals surface area (Å²) in [5, 5.41) is 7.20. The molecule has 0 radical (unpaired) electrons. The third-order valence-corrected chi connectivity index (χ3v) is 6.10. The van der Waals surface area contributed by atoms with Crippen molar-refractivity contribution in [3.63, 3.8) is 0 Å². The van der Waals surface area contributed by atoms with Crippen molar-refractivity contribution >= 4 is 34.6 Å². The summed E-state index contributed by atoms with van der Waals surface area (Å²) in [6.07, 6.45) is 0. The Kier molecular flexibility index (Phi) is 7.45. The number of carbonyl (C=O) groups excluding carboxylic acids is 1. The highest BCUT2D eigenvalue weighted by atomic mass is 32.1. The van der Waals surface area contributed by atoms with Gasteiger partial charge in [0.1, 0.15) is 0 Å². The van der Waals surface area contributed by atoms with Crippen LogP contribution in [0.2, 0.25) is 0 Å². The molecule has 0 aromatic heterocycles. The van der Waals surface area contributed by atoms with Crippen molar-refractivity contribution in [1.82, 2.24) is 4.90 Å². The van der Waals surface area contributed by atoms with E-state index in [1.165, 1.54) is 10.5 Å². The van der Waals surface area contributed by atoms with Gasteiger partial charge in [0, 0.05) is 11.4 Å². The van der Waals surface area contributed by atoms with Crippen LogP contribution in [0.3, 0.4) is 0 Å². The van der Waals surface area contributed by atoms with Crippen molar-refractivity contribution in [2.75, 3.05) is 43.4 Å². The molecule has 2 aromatic rings. The molecule has 30 heavy (non-hydrogen) atoms. The SMILES string of the molecule is Cc1cccc(C)c1NC(=O)C[NH+]1CCN(C(=S)Nc2ccc(C(C)C)cc2)CC1. The van der Waals surface area contributed by atoms with Gasteiger partial charge in [0.05, 0.1) is 26.2 Å². The summed E-state index contributed by atoms with van der Waals surface area (Å²) < 4.78 is 0. The first-order chi connectivity index (χ1) is 14.3. The van der Waals surface area contributed by atoms with Gasteiger partial charge in [0.15, 0.2) is 11.7 Å². The van der Waals surface area contributed by atoms with Gasteiger partial charge in [0.2, 0.25) is 0 Å². The Bertz CT molecular complexity index is 866. The van der Waals surface area contributed by atoms with E-state index in [4.69, 9.17) is 12.2 Å². The fourth-order valence-corrected chi connectivity index (χ4v) is 4.08. The van der Waals surface area contributed by atoms with Crippen LogP contribution in [0.5, 0.6) is 0 Å². The van der Waals surface area contributed by atoms with Crippen LogP contribution in [0.1, 0.15) is 36.5 Å². The number of quaternary nitrogens is 1. The largest absolute Gasteiger partial charge is 0.338 e. The molecule has 3 rings (SSSR count). The Morgan fingerprint density at radius 3 is 2.20 bits per heavy atom. The maximum absolute atomic E-state index is 12.5. The fourth-order valence-electron chi connectivity index (χ4n) is 3.78. The second kappa shape index (κ2) is 10.0. The summed E-state index contributed by atoms with van der Waals surface area (Å²) in [6.45, 7) is 12.4. The molecule has 2 aromatic carbocycles. The quantitative estimate of drug-likeness (QED) is 0.645. The molecule has 160 valence electrons. The number of hydrogen-bond acceptors (Lipinski definition) is 2. The van der Waals surface area contributed by atoms with E-state index in [0.29, 0.717) is 12.5 Å². The van der Waals surface area contributed by atoms with Crippen molar-refractivity contribution in [2.24, 2.45) is 0 Å².